The SMILES string of the molecule is O=C1CCC(N2Cc3cc(OC4CCCCC4N4CC(C5CCCCC5)C4)ccc3C2=O)C(=O)N1.OC(F)F. The number of likely N-dealkylation sites (tertiary alicyclic amines) is 1. The van der Waals surface area contributed by atoms with Gasteiger partial charge in [0.2, 0.25) is 11.8 Å². The summed E-state index contributed by atoms with van der Waals surface area (Å²) in [7, 11) is 0. The molecule has 214 valence electrons. The minimum absolute atomic E-state index is 0.133. The lowest BCUT2D eigenvalue weighted by molar-refractivity contribution is -0.136. The molecule has 3 heterocycles. The Kier molecular flexibility index (Phi) is 8.81. The van der Waals surface area contributed by atoms with E-state index in [0.29, 0.717) is 24.6 Å². The van der Waals surface area contributed by atoms with Gasteiger partial charge in [0, 0.05) is 37.7 Å². The molecule has 4 fully saturated rings. The second kappa shape index (κ2) is 12.3. The molecule has 2 N–H and O–H groups in total. The van der Waals surface area contributed by atoms with Crippen molar-refractivity contribution in [2.45, 2.75) is 102 Å². The zero-order valence-electron chi connectivity index (χ0n) is 22.3. The molecule has 1 aromatic rings. The topological polar surface area (TPSA) is 99.2 Å². The Bertz CT molecular complexity index is 1050. The molecule has 3 unspecified atom stereocenters. The van der Waals surface area contributed by atoms with Gasteiger partial charge in [0.25, 0.3) is 5.91 Å². The van der Waals surface area contributed by atoms with E-state index in [4.69, 9.17) is 9.84 Å². The quantitative estimate of drug-likeness (QED) is 0.544. The highest BCUT2D eigenvalue weighted by Crippen LogP contribution is 2.39. The molecule has 2 aliphatic carbocycles. The average Bonchev–Trinajstić information content (AvgIpc) is 3.20. The van der Waals surface area contributed by atoms with Crippen LogP contribution in [0.5, 0.6) is 5.75 Å². The maximum Gasteiger partial charge on any atom is 0.342 e. The number of halogens is 2. The first kappa shape index (κ1) is 28.0. The van der Waals surface area contributed by atoms with Crippen molar-refractivity contribution in [1.29, 1.82) is 0 Å². The van der Waals surface area contributed by atoms with E-state index in [0.717, 1.165) is 29.6 Å². The molecule has 3 amide bonds. The van der Waals surface area contributed by atoms with Gasteiger partial charge in [-0.25, -0.2) is 0 Å². The average molecular weight is 548 g/mol. The molecule has 1 aromatic carbocycles. The van der Waals surface area contributed by atoms with Gasteiger partial charge in [-0.2, -0.15) is 8.78 Å². The van der Waals surface area contributed by atoms with Crippen molar-refractivity contribution < 1.29 is 33.0 Å². The number of fused-ring (bicyclic) bond motifs is 1. The van der Waals surface area contributed by atoms with Crippen LogP contribution in [0.25, 0.3) is 0 Å². The maximum atomic E-state index is 13.0. The Labute approximate surface area is 228 Å². The van der Waals surface area contributed by atoms with Crippen LogP contribution in [0.3, 0.4) is 0 Å². The van der Waals surface area contributed by atoms with Crippen LogP contribution >= 0.6 is 0 Å². The predicted octanol–water partition coefficient (Wildman–Crippen LogP) is 3.85. The number of piperidine rings is 1. The molecule has 0 spiro atoms. The molecule has 39 heavy (non-hydrogen) atoms. The van der Waals surface area contributed by atoms with Gasteiger partial charge in [-0.1, -0.05) is 38.5 Å². The van der Waals surface area contributed by atoms with Crippen LogP contribution in [0.2, 0.25) is 0 Å². The maximum absolute atomic E-state index is 13.0. The lowest BCUT2D eigenvalue weighted by Crippen LogP contribution is -2.59. The monoisotopic (exact) mass is 547 g/mol. The zero-order chi connectivity index (χ0) is 27.5. The third-order valence-electron chi connectivity index (χ3n) is 9.17. The number of rotatable bonds is 5. The van der Waals surface area contributed by atoms with Gasteiger partial charge in [-0.15, -0.1) is 0 Å². The summed E-state index contributed by atoms with van der Waals surface area (Å²) in [4.78, 5) is 41.1. The van der Waals surface area contributed by atoms with Crippen LogP contribution in [-0.2, 0) is 16.1 Å². The molecule has 3 atom stereocenters. The Balaban J connectivity index is 0.000000723. The predicted molar refractivity (Wildman–Crippen MR) is 139 cm³/mol. The second-order valence-corrected chi connectivity index (χ2v) is 11.6. The first-order chi connectivity index (χ1) is 18.8. The summed E-state index contributed by atoms with van der Waals surface area (Å²) in [5, 5.41) is 9.09. The fraction of sp³-hybridized carbons (Fsp3) is 0.690. The largest absolute Gasteiger partial charge is 0.489 e. The van der Waals surface area contributed by atoms with Crippen molar-refractivity contribution >= 4 is 17.7 Å². The molecule has 8 nitrogen and oxygen atoms in total. The first-order valence-corrected chi connectivity index (χ1v) is 14.4. The number of nitrogens with zero attached hydrogens (tertiary/aromatic N) is 2. The number of nitrogens with one attached hydrogen (secondary N) is 1. The highest BCUT2D eigenvalue weighted by atomic mass is 19.3. The number of aliphatic hydroxyl groups is 1. The number of imide groups is 1. The first-order valence-electron chi connectivity index (χ1n) is 14.4. The molecule has 0 bridgehead atoms. The number of amides is 3. The fourth-order valence-corrected chi connectivity index (χ4v) is 7.15. The number of hydrogen-bond donors (Lipinski definition) is 2. The number of hydrogen-bond acceptors (Lipinski definition) is 6. The van der Waals surface area contributed by atoms with E-state index in [1.165, 1.54) is 64.5 Å². The van der Waals surface area contributed by atoms with Crippen molar-refractivity contribution in [3.05, 3.63) is 29.3 Å². The number of aliphatic hydroxyl groups excluding tert-OH is 1. The lowest BCUT2D eigenvalue weighted by Gasteiger charge is -2.51. The normalized spacial score (nSPS) is 28.5. The minimum atomic E-state index is -3.17. The van der Waals surface area contributed by atoms with Crippen LogP contribution in [0.4, 0.5) is 8.78 Å². The van der Waals surface area contributed by atoms with E-state index in [1.54, 1.807) is 4.90 Å². The van der Waals surface area contributed by atoms with E-state index in [-0.39, 0.29) is 30.2 Å². The van der Waals surface area contributed by atoms with E-state index in [1.807, 2.05) is 18.2 Å². The fourth-order valence-electron chi connectivity index (χ4n) is 7.15. The molecule has 10 heteroatoms. The number of benzene rings is 1. The van der Waals surface area contributed by atoms with Crippen molar-refractivity contribution in [2.24, 2.45) is 11.8 Å². The van der Waals surface area contributed by atoms with Gasteiger partial charge in [0.1, 0.15) is 17.9 Å². The molecule has 3 aliphatic heterocycles. The van der Waals surface area contributed by atoms with Gasteiger partial charge in [-0.3, -0.25) is 24.6 Å². The summed E-state index contributed by atoms with van der Waals surface area (Å²) in [5.41, 5.74) is 1.55. The number of alkyl halides is 2. The smallest absolute Gasteiger partial charge is 0.342 e. The van der Waals surface area contributed by atoms with Crippen LogP contribution in [0.15, 0.2) is 18.2 Å². The van der Waals surface area contributed by atoms with Crippen LogP contribution in [0.1, 0.15) is 86.6 Å². The van der Waals surface area contributed by atoms with E-state index >= 15 is 0 Å². The lowest BCUT2D eigenvalue weighted by atomic mass is 9.75. The summed E-state index contributed by atoms with van der Waals surface area (Å²) >= 11 is 0. The Morgan fingerprint density at radius 3 is 2.33 bits per heavy atom. The summed E-state index contributed by atoms with van der Waals surface area (Å²) in [6, 6.07) is 5.66. The van der Waals surface area contributed by atoms with E-state index in [2.05, 4.69) is 10.2 Å². The molecular weight excluding hydrogens is 508 g/mol. The van der Waals surface area contributed by atoms with Crippen molar-refractivity contribution in [2.75, 3.05) is 13.1 Å². The van der Waals surface area contributed by atoms with Crippen LogP contribution < -0.4 is 10.1 Å². The molecule has 5 aliphatic rings. The van der Waals surface area contributed by atoms with Gasteiger partial charge >= 0.3 is 6.61 Å². The molecule has 0 radical (unpaired) electrons. The standard InChI is InChI=1S/C28H37N3O4.CH2F2O/c32-26-13-12-24(27(33)29-26)31-17-19-14-21(10-11-22(19)28(31)34)35-25-9-5-4-8-23(25)30-15-20(16-30)18-6-2-1-3-7-18;2-1(3)4/h10-11,14,18,20,23-25H,1-9,12-13,15-17H2,(H,29,32,33);1,4H. The second-order valence-electron chi connectivity index (χ2n) is 11.6. The third-order valence-corrected chi connectivity index (χ3v) is 9.17. The molecule has 0 aromatic heterocycles. The van der Waals surface area contributed by atoms with E-state index < -0.39 is 12.7 Å². The summed E-state index contributed by atoms with van der Waals surface area (Å²) < 4.78 is 26.4. The van der Waals surface area contributed by atoms with Crippen LogP contribution in [0, 0.1) is 11.8 Å². The van der Waals surface area contributed by atoms with Gasteiger partial charge in [0.05, 0.1) is 0 Å². The van der Waals surface area contributed by atoms with Crippen LogP contribution in [-0.4, -0.2) is 70.5 Å². The van der Waals surface area contributed by atoms with Crippen molar-refractivity contribution in [1.82, 2.24) is 15.1 Å². The number of ether oxygens (including phenoxy) is 1. The molecule has 6 rings (SSSR count). The Morgan fingerprint density at radius 2 is 1.62 bits per heavy atom. The summed E-state index contributed by atoms with van der Waals surface area (Å²) in [6.45, 7) is -0.315. The number of carbonyl (C=O) groups excluding carboxylic acids is 3. The Hall–Kier alpha value is -2.59. The minimum Gasteiger partial charge on any atom is -0.489 e. The summed E-state index contributed by atoms with van der Waals surface area (Å²) in [5.74, 6) is 1.87. The molecule has 2 saturated heterocycles. The van der Waals surface area contributed by atoms with Gasteiger partial charge in [0.15, 0.2) is 0 Å². The highest BCUT2D eigenvalue weighted by Gasteiger charge is 2.42. The van der Waals surface area contributed by atoms with Crippen molar-refractivity contribution in [3.63, 3.8) is 0 Å². The van der Waals surface area contributed by atoms with E-state index in [9.17, 15) is 23.2 Å². The zero-order valence-corrected chi connectivity index (χ0v) is 22.3. The Morgan fingerprint density at radius 1 is 0.923 bits per heavy atom. The van der Waals surface area contributed by atoms with Gasteiger partial charge in [-0.05, 0) is 61.3 Å². The van der Waals surface area contributed by atoms with Gasteiger partial charge < -0.3 is 14.7 Å². The molecule has 2 saturated carbocycles. The summed E-state index contributed by atoms with van der Waals surface area (Å²) in [6.07, 6.45) is 12.7. The third kappa shape index (κ3) is 6.43. The molecular formula is C29H39F2N3O5. The highest BCUT2D eigenvalue weighted by molar-refractivity contribution is 6.05. The van der Waals surface area contributed by atoms with Crippen molar-refractivity contribution in [3.8, 4) is 5.75 Å². The number of carbonyl (C=O) groups is 3.